The van der Waals surface area contributed by atoms with Crippen LogP contribution in [0.15, 0.2) is 30.5 Å². The van der Waals surface area contributed by atoms with E-state index in [-0.39, 0.29) is 0 Å². The molecular formula is C14H15ClN2. The maximum Gasteiger partial charge on any atom is 0.0516 e. The summed E-state index contributed by atoms with van der Waals surface area (Å²) >= 11 is 6.27. The third kappa shape index (κ3) is 1.68. The third-order valence-corrected chi connectivity index (χ3v) is 3.79. The molecule has 0 saturated carbocycles. The first-order valence-corrected chi connectivity index (χ1v) is 6.35. The van der Waals surface area contributed by atoms with Crippen molar-refractivity contribution in [3.63, 3.8) is 0 Å². The second kappa shape index (κ2) is 4.21. The largest absolute Gasteiger partial charge is 0.346 e. The second-order valence-corrected chi connectivity index (χ2v) is 4.84. The standard InChI is InChI=1S/C14H15ClN2/c15-13-3-1-2-12-11(13)5-4-10-6-8-17(9-7-16)14(10)12/h1-3,6,8H,4-5,7,9,16H2. The fourth-order valence-electron chi connectivity index (χ4n) is 2.67. The van der Waals surface area contributed by atoms with Gasteiger partial charge in [-0.3, -0.25) is 0 Å². The van der Waals surface area contributed by atoms with Crippen LogP contribution in [0.5, 0.6) is 0 Å². The summed E-state index contributed by atoms with van der Waals surface area (Å²) in [7, 11) is 0. The quantitative estimate of drug-likeness (QED) is 0.868. The minimum absolute atomic E-state index is 0.664. The van der Waals surface area contributed by atoms with Crippen LogP contribution in [0.4, 0.5) is 0 Å². The van der Waals surface area contributed by atoms with Crippen molar-refractivity contribution in [2.24, 2.45) is 5.73 Å². The number of hydrogen-bond acceptors (Lipinski definition) is 1. The Morgan fingerprint density at radius 1 is 1.24 bits per heavy atom. The van der Waals surface area contributed by atoms with Crippen LogP contribution in [0, 0.1) is 0 Å². The second-order valence-electron chi connectivity index (χ2n) is 4.44. The van der Waals surface area contributed by atoms with E-state index in [0.717, 1.165) is 24.4 Å². The molecule has 17 heavy (non-hydrogen) atoms. The van der Waals surface area contributed by atoms with E-state index in [1.807, 2.05) is 12.1 Å². The molecule has 1 heterocycles. The normalized spacial score (nSPS) is 13.3. The number of aromatic nitrogens is 1. The lowest BCUT2D eigenvalue weighted by molar-refractivity contribution is 0.714. The van der Waals surface area contributed by atoms with Crippen LogP contribution in [-0.4, -0.2) is 11.1 Å². The molecule has 3 rings (SSSR count). The maximum absolute atomic E-state index is 6.27. The van der Waals surface area contributed by atoms with Gasteiger partial charge in [0.25, 0.3) is 0 Å². The van der Waals surface area contributed by atoms with Gasteiger partial charge in [0, 0.05) is 29.9 Å². The van der Waals surface area contributed by atoms with E-state index in [2.05, 4.69) is 22.9 Å². The summed E-state index contributed by atoms with van der Waals surface area (Å²) in [5.41, 5.74) is 10.9. The summed E-state index contributed by atoms with van der Waals surface area (Å²) in [4.78, 5) is 0. The average Bonchev–Trinajstić information content (AvgIpc) is 2.74. The topological polar surface area (TPSA) is 30.9 Å². The lowest BCUT2D eigenvalue weighted by atomic mass is 9.90. The Kier molecular flexibility index (Phi) is 2.69. The van der Waals surface area contributed by atoms with Gasteiger partial charge in [-0.15, -0.1) is 0 Å². The molecule has 0 atom stereocenters. The molecule has 0 bridgehead atoms. The summed E-state index contributed by atoms with van der Waals surface area (Å²) in [5, 5.41) is 0.883. The molecular weight excluding hydrogens is 232 g/mol. The fourth-order valence-corrected chi connectivity index (χ4v) is 2.94. The molecule has 2 N–H and O–H groups in total. The first kappa shape index (κ1) is 10.9. The Morgan fingerprint density at radius 2 is 2.12 bits per heavy atom. The molecule has 0 fully saturated rings. The van der Waals surface area contributed by atoms with Gasteiger partial charge in [0.15, 0.2) is 0 Å². The van der Waals surface area contributed by atoms with Gasteiger partial charge in [0.05, 0.1) is 5.69 Å². The summed E-state index contributed by atoms with van der Waals surface area (Å²) in [6, 6.07) is 8.36. The Hall–Kier alpha value is -1.25. The first-order valence-electron chi connectivity index (χ1n) is 5.97. The zero-order valence-corrected chi connectivity index (χ0v) is 10.4. The van der Waals surface area contributed by atoms with Crippen LogP contribution < -0.4 is 5.73 Å². The van der Waals surface area contributed by atoms with E-state index in [4.69, 9.17) is 17.3 Å². The molecule has 88 valence electrons. The van der Waals surface area contributed by atoms with E-state index in [9.17, 15) is 0 Å². The number of aryl methyl sites for hydroxylation is 1. The number of hydrogen-bond donors (Lipinski definition) is 1. The highest BCUT2D eigenvalue weighted by atomic mass is 35.5. The van der Waals surface area contributed by atoms with Crippen molar-refractivity contribution in [1.82, 2.24) is 4.57 Å². The van der Waals surface area contributed by atoms with Gasteiger partial charge in [-0.2, -0.15) is 0 Å². The summed E-state index contributed by atoms with van der Waals surface area (Å²) in [6.07, 6.45) is 4.24. The van der Waals surface area contributed by atoms with Crippen molar-refractivity contribution in [3.05, 3.63) is 46.6 Å². The van der Waals surface area contributed by atoms with Gasteiger partial charge in [-0.1, -0.05) is 23.7 Å². The van der Waals surface area contributed by atoms with Gasteiger partial charge in [0.2, 0.25) is 0 Å². The van der Waals surface area contributed by atoms with Crippen LogP contribution in [0.25, 0.3) is 11.3 Å². The number of fused-ring (bicyclic) bond motifs is 3. The number of nitrogens with two attached hydrogens (primary N) is 1. The fraction of sp³-hybridized carbons (Fsp3) is 0.286. The highest BCUT2D eigenvalue weighted by molar-refractivity contribution is 6.31. The third-order valence-electron chi connectivity index (χ3n) is 3.44. The van der Waals surface area contributed by atoms with E-state index >= 15 is 0 Å². The maximum atomic E-state index is 6.27. The molecule has 2 nitrogen and oxygen atoms in total. The van der Waals surface area contributed by atoms with Crippen molar-refractivity contribution in [2.45, 2.75) is 19.4 Å². The van der Waals surface area contributed by atoms with Gasteiger partial charge < -0.3 is 10.3 Å². The van der Waals surface area contributed by atoms with Crippen LogP contribution in [0.1, 0.15) is 11.1 Å². The zero-order valence-electron chi connectivity index (χ0n) is 9.62. The van der Waals surface area contributed by atoms with Gasteiger partial charge in [-0.05, 0) is 36.1 Å². The van der Waals surface area contributed by atoms with Gasteiger partial charge in [-0.25, -0.2) is 0 Å². The number of nitrogens with zero attached hydrogens (tertiary/aromatic N) is 1. The van der Waals surface area contributed by atoms with Crippen molar-refractivity contribution in [2.75, 3.05) is 6.54 Å². The highest BCUT2D eigenvalue weighted by Crippen LogP contribution is 2.37. The monoisotopic (exact) mass is 246 g/mol. The Balaban J connectivity index is 2.20. The van der Waals surface area contributed by atoms with Crippen LogP contribution in [-0.2, 0) is 19.4 Å². The van der Waals surface area contributed by atoms with Gasteiger partial charge in [0.1, 0.15) is 0 Å². The molecule has 2 aromatic rings. The summed E-state index contributed by atoms with van der Waals surface area (Å²) in [5.74, 6) is 0. The SMILES string of the molecule is NCCn1ccc2c1-c1cccc(Cl)c1CC2. The van der Waals surface area contributed by atoms with Crippen molar-refractivity contribution in [3.8, 4) is 11.3 Å². The highest BCUT2D eigenvalue weighted by Gasteiger charge is 2.20. The van der Waals surface area contributed by atoms with E-state index in [1.54, 1.807) is 0 Å². The average molecular weight is 247 g/mol. The predicted octanol–water partition coefficient (Wildman–Crippen LogP) is 2.87. The minimum Gasteiger partial charge on any atom is -0.346 e. The van der Waals surface area contributed by atoms with Gasteiger partial charge >= 0.3 is 0 Å². The van der Waals surface area contributed by atoms with E-state index < -0.39 is 0 Å². The van der Waals surface area contributed by atoms with Crippen LogP contribution in [0.3, 0.4) is 0 Å². The van der Waals surface area contributed by atoms with E-state index in [0.29, 0.717) is 6.54 Å². The van der Waals surface area contributed by atoms with Crippen molar-refractivity contribution < 1.29 is 0 Å². The molecule has 1 aliphatic carbocycles. The molecule has 0 radical (unpaired) electrons. The molecule has 1 aromatic carbocycles. The van der Waals surface area contributed by atoms with E-state index in [1.165, 1.54) is 22.4 Å². The number of halogens is 1. The molecule has 3 heteroatoms. The predicted molar refractivity (Wildman–Crippen MR) is 71.3 cm³/mol. The summed E-state index contributed by atoms with van der Waals surface area (Å²) < 4.78 is 2.24. The molecule has 0 saturated heterocycles. The molecule has 0 unspecified atom stereocenters. The smallest absolute Gasteiger partial charge is 0.0516 e. The lowest BCUT2D eigenvalue weighted by Crippen LogP contribution is -2.13. The zero-order chi connectivity index (χ0) is 11.8. The van der Waals surface area contributed by atoms with Crippen LogP contribution in [0.2, 0.25) is 5.02 Å². The molecule has 1 aromatic heterocycles. The summed E-state index contributed by atoms with van der Waals surface area (Å²) in [6.45, 7) is 1.53. The van der Waals surface area contributed by atoms with Crippen molar-refractivity contribution >= 4 is 11.6 Å². The molecule has 0 aliphatic heterocycles. The first-order chi connectivity index (χ1) is 8.31. The molecule has 1 aliphatic rings. The molecule has 0 amide bonds. The lowest BCUT2D eigenvalue weighted by Gasteiger charge is -2.20. The Morgan fingerprint density at radius 3 is 2.94 bits per heavy atom. The minimum atomic E-state index is 0.664. The number of benzene rings is 1. The Labute approximate surface area is 106 Å². The van der Waals surface area contributed by atoms with Crippen LogP contribution >= 0.6 is 11.6 Å². The number of rotatable bonds is 2. The molecule has 0 spiro atoms. The Bertz CT molecular complexity index is 557. The van der Waals surface area contributed by atoms with Crippen molar-refractivity contribution in [1.29, 1.82) is 0 Å².